The standard InChI is InChI=1S/C23H23N3O2/c1-16-8-11-19(12-9-16)25-22(27)15-24-21-14-20(13-10-17(21)2)26-23(28)18-6-4-3-5-7-18/h3-14,24H,15H2,1-2H3,(H,25,27)(H,26,28). The summed E-state index contributed by atoms with van der Waals surface area (Å²) in [5.74, 6) is -0.311. The van der Waals surface area contributed by atoms with Gasteiger partial charge in [-0.25, -0.2) is 0 Å². The molecule has 3 aromatic rings. The number of aryl methyl sites for hydroxylation is 2. The van der Waals surface area contributed by atoms with Gasteiger partial charge in [-0.2, -0.15) is 0 Å². The fourth-order valence-corrected chi connectivity index (χ4v) is 2.70. The second-order valence-corrected chi connectivity index (χ2v) is 6.62. The van der Waals surface area contributed by atoms with E-state index in [0.29, 0.717) is 11.3 Å². The molecule has 2 amide bonds. The minimum absolute atomic E-state index is 0.130. The Hall–Kier alpha value is -3.60. The van der Waals surface area contributed by atoms with Crippen LogP contribution in [0.1, 0.15) is 21.5 Å². The number of carbonyl (C=O) groups excluding carboxylic acids is 2. The number of rotatable bonds is 6. The molecule has 0 saturated carbocycles. The van der Waals surface area contributed by atoms with Crippen molar-refractivity contribution >= 4 is 28.9 Å². The van der Waals surface area contributed by atoms with Crippen molar-refractivity contribution in [1.82, 2.24) is 0 Å². The monoisotopic (exact) mass is 373 g/mol. The first-order valence-corrected chi connectivity index (χ1v) is 9.09. The van der Waals surface area contributed by atoms with E-state index in [1.165, 1.54) is 0 Å². The molecule has 142 valence electrons. The third-order valence-electron chi connectivity index (χ3n) is 4.31. The molecule has 0 heterocycles. The van der Waals surface area contributed by atoms with Crippen molar-refractivity contribution in [2.75, 3.05) is 22.5 Å². The van der Waals surface area contributed by atoms with Crippen molar-refractivity contribution in [1.29, 1.82) is 0 Å². The molecule has 0 aliphatic carbocycles. The zero-order chi connectivity index (χ0) is 19.9. The Morgan fingerprint density at radius 3 is 2.18 bits per heavy atom. The largest absolute Gasteiger partial charge is 0.376 e. The number of benzene rings is 3. The SMILES string of the molecule is Cc1ccc(NC(=O)CNc2cc(NC(=O)c3ccccc3)ccc2C)cc1. The summed E-state index contributed by atoms with van der Waals surface area (Å²) in [7, 11) is 0. The van der Waals surface area contributed by atoms with Crippen molar-refractivity contribution in [2.24, 2.45) is 0 Å². The second kappa shape index (κ2) is 8.86. The van der Waals surface area contributed by atoms with Gasteiger partial charge in [-0.15, -0.1) is 0 Å². The average molecular weight is 373 g/mol. The number of hydrogen-bond donors (Lipinski definition) is 3. The zero-order valence-electron chi connectivity index (χ0n) is 16.0. The average Bonchev–Trinajstić information content (AvgIpc) is 2.71. The first kappa shape index (κ1) is 19.2. The van der Waals surface area contributed by atoms with E-state index in [0.717, 1.165) is 22.5 Å². The van der Waals surface area contributed by atoms with Crippen LogP contribution in [-0.4, -0.2) is 18.4 Å². The summed E-state index contributed by atoms with van der Waals surface area (Å²) < 4.78 is 0. The van der Waals surface area contributed by atoms with Gasteiger partial charge in [-0.3, -0.25) is 9.59 Å². The molecule has 3 N–H and O–H groups in total. The lowest BCUT2D eigenvalue weighted by Gasteiger charge is -2.13. The molecular formula is C23H23N3O2. The Bertz CT molecular complexity index is 967. The van der Waals surface area contributed by atoms with Crippen molar-refractivity contribution in [3.05, 3.63) is 89.5 Å². The lowest BCUT2D eigenvalue weighted by Crippen LogP contribution is -2.22. The predicted octanol–water partition coefficient (Wildman–Crippen LogP) is 4.61. The Balaban J connectivity index is 1.60. The Morgan fingerprint density at radius 2 is 1.46 bits per heavy atom. The Labute approximate surface area is 164 Å². The van der Waals surface area contributed by atoms with Crippen LogP contribution in [0, 0.1) is 13.8 Å². The molecule has 3 rings (SSSR count). The lowest BCUT2D eigenvalue weighted by molar-refractivity contribution is -0.114. The molecule has 0 fully saturated rings. The second-order valence-electron chi connectivity index (χ2n) is 6.62. The van der Waals surface area contributed by atoms with Gasteiger partial charge < -0.3 is 16.0 Å². The third kappa shape index (κ3) is 5.20. The number of hydrogen-bond acceptors (Lipinski definition) is 3. The predicted molar refractivity (Wildman–Crippen MR) is 114 cm³/mol. The van der Waals surface area contributed by atoms with Crippen LogP contribution in [0.25, 0.3) is 0 Å². The summed E-state index contributed by atoms with van der Waals surface area (Å²) in [5.41, 5.74) is 4.95. The van der Waals surface area contributed by atoms with E-state index in [9.17, 15) is 9.59 Å². The van der Waals surface area contributed by atoms with Gasteiger partial charge in [0.2, 0.25) is 5.91 Å². The smallest absolute Gasteiger partial charge is 0.255 e. The Morgan fingerprint density at radius 1 is 0.786 bits per heavy atom. The molecule has 0 aromatic heterocycles. The van der Waals surface area contributed by atoms with Crippen LogP contribution in [0.4, 0.5) is 17.1 Å². The molecule has 0 aliphatic heterocycles. The number of nitrogens with one attached hydrogen (secondary N) is 3. The van der Waals surface area contributed by atoms with E-state index in [4.69, 9.17) is 0 Å². The van der Waals surface area contributed by atoms with Crippen molar-refractivity contribution in [3.63, 3.8) is 0 Å². The minimum atomic E-state index is -0.174. The molecule has 0 bridgehead atoms. The first-order valence-electron chi connectivity index (χ1n) is 9.09. The number of carbonyl (C=O) groups is 2. The highest BCUT2D eigenvalue weighted by molar-refractivity contribution is 6.04. The molecule has 0 atom stereocenters. The highest BCUT2D eigenvalue weighted by Crippen LogP contribution is 2.21. The van der Waals surface area contributed by atoms with Crippen LogP contribution in [0.5, 0.6) is 0 Å². The molecule has 0 radical (unpaired) electrons. The van der Waals surface area contributed by atoms with E-state index < -0.39 is 0 Å². The van der Waals surface area contributed by atoms with Gasteiger partial charge in [0.25, 0.3) is 5.91 Å². The summed E-state index contributed by atoms with van der Waals surface area (Å²) >= 11 is 0. The third-order valence-corrected chi connectivity index (χ3v) is 4.31. The molecule has 3 aromatic carbocycles. The van der Waals surface area contributed by atoms with E-state index >= 15 is 0 Å². The number of anilines is 3. The van der Waals surface area contributed by atoms with Crippen LogP contribution in [0.2, 0.25) is 0 Å². The fraction of sp³-hybridized carbons (Fsp3) is 0.130. The van der Waals surface area contributed by atoms with E-state index in [-0.39, 0.29) is 18.4 Å². The van der Waals surface area contributed by atoms with Gasteiger partial charge in [-0.1, -0.05) is 42.0 Å². The summed E-state index contributed by atoms with van der Waals surface area (Å²) in [6, 6.07) is 22.3. The fourth-order valence-electron chi connectivity index (χ4n) is 2.70. The van der Waals surface area contributed by atoms with Crippen molar-refractivity contribution in [3.8, 4) is 0 Å². The van der Waals surface area contributed by atoms with Crippen molar-refractivity contribution < 1.29 is 9.59 Å². The first-order chi connectivity index (χ1) is 13.5. The molecule has 5 heteroatoms. The highest BCUT2D eigenvalue weighted by Gasteiger charge is 2.08. The van der Waals surface area contributed by atoms with E-state index in [2.05, 4.69) is 16.0 Å². The maximum Gasteiger partial charge on any atom is 0.255 e. The van der Waals surface area contributed by atoms with Gasteiger partial charge in [0.05, 0.1) is 6.54 Å². The van der Waals surface area contributed by atoms with Crippen LogP contribution >= 0.6 is 0 Å². The summed E-state index contributed by atoms with van der Waals surface area (Å²) in [4.78, 5) is 24.5. The summed E-state index contributed by atoms with van der Waals surface area (Å²) in [6.45, 7) is 4.08. The number of amides is 2. The molecule has 0 unspecified atom stereocenters. The Kier molecular flexibility index (Phi) is 6.07. The summed E-state index contributed by atoms with van der Waals surface area (Å²) in [5, 5.41) is 8.87. The zero-order valence-corrected chi connectivity index (χ0v) is 16.0. The maximum absolute atomic E-state index is 12.3. The topological polar surface area (TPSA) is 70.2 Å². The normalized spacial score (nSPS) is 10.2. The van der Waals surface area contributed by atoms with Gasteiger partial charge in [-0.05, 0) is 55.8 Å². The molecule has 28 heavy (non-hydrogen) atoms. The van der Waals surface area contributed by atoms with Crippen LogP contribution in [-0.2, 0) is 4.79 Å². The molecule has 5 nitrogen and oxygen atoms in total. The molecule has 0 spiro atoms. The van der Waals surface area contributed by atoms with E-state index in [1.807, 2.05) is 74.5 Å². The lowest BCUT2D eigenvalue weighted by atomic mass is 10.1. The summed E-state index contributed by atoms with van der Waals surface area (Å²) in [6.07, 6.45) is 0. The molecule has 0 aliphatic rings. The van der Waals surface area contributed by atoms with Crippen LogP contribution < -0.4 is 16.0 Å². The maximum atomic E-state index is 12.3. The van der Waals surface area contributed by atoms with Crippen LogP contribution in [0.3, 0.4) is 0 Å². The van der Waals surface area contributed by atoms with Gasteiger partial charge in [0.1, 0.15) is 0 Å². The van der Waals surface area contributed by atoms with Gasteiger partial charge in [0.15, 0.2) is 0 Å². The van der Waals surface area contributed by atoms with Crippen molar-refractivity contribution in [2.45, 2.75) is 13.8 Å². The molecule has 0 saturated heterocycles. The van der Waals surface area contributed by atoms with Gasteiger partial charge >= 0.3 is 0 Å². The quantitative estimate of drug-likeness (QED) is 0.591. The van der Waals surface area contributed by atoms with Crippen LogP contribution in [0.15, 0.2) is 72.8 Å². The van der Waals surface area contributed by atoms with E-state index in [1.54, 1.807) is 12.1 Å². The molecular weight excluding hydrogens is 350 g/mol. The minimum Gasteiger partial charge on any atom is -0.376 e. The highest BCUT2D eigenvalue weighted by atomic mass is 16.2. The van der Waals surface area contributed by atoms with Gasteiger partial charge in [0, 0.05) is 22.6 Å².